The molecule has 0 fully saturated rings. The number of rotatable bonds is 3. The van der Waals surface area contributed by atoms with Gasteiger partial charge < -0.3 is 5.11 Å². The number of nitrogens with zero attached hydrogens (tertiary/aromatic N) is 2. The van der Waals surface area contributed by atoms with E-state index in [2.05, 4.69) is 9.98 Å². The van der Waals surface area contributed by atoms with Gasteiger partial charge in [0, 0.05) is 6.21 Å². The standard InChI is InChI=1S/C10H7Cl3N2O2/c1-2-3-4-14-7-5(11)8(10(16)17)15-9(13)6(7)12/h2-4H,1H3,(H,16,17). The zero-order chi connectivity index (χ0) is 13.0. The molecule has 1 rings (SSSR count). The first kappa shape index (κ1) is 14.0. The Kier molecular flexibility index (Phi) is 4.93. The summed E-state index contributed by atoms with van der Waals surface area (Å²) in [6, 6.07) is 0. The first-order valence-electron chi connectivity index (χ1n) is 4.42. The summed E-state index contributed by atoms with van der Waals surface area (Å²) in [5.41, 5.74) is -0.294. The van der Waals surface area contributed by atoms with Gasteiger partial charge in [-0.3, -0.25) is 4.99 Å². The van der Waals surface area contributed by atoms with Crippen LogP contribution in [0, 0.1) is 0 Å². The van der Waals surface area contributed by atoms with Crippen LogP contribution in [0.3, 0.4) is 0 Å². The SMILES string of the molecule is CC=CC=Nc1c(Cl)c(Cl)nc(C(=O)O)c1Cl. The lowest BCUT2D eigenvalue weighted by Gasteiger charge is -2.05. The maximum absolute atomic E-state index is 10.9. The number of carbonyl (C=O) groups is 1. The van der Waals surface area contributed by atoms with E-state index in [9.17, 15) is 4.79 Å². The highest BCUT2D eigenvalue weighted by Gasteiger charge is 2.20. The van der Waals surface area contributed by atoms with Crippen LogP contribution in [0.2, 0.25) is 15.2 Å². The summed E-state index contributed by atoms with van der Waals surface area (Å²) < 4.78 is 0. The summed E-state index contributed by atoms with van der Waals surface area (Å²) in [5.74, 6) is -1.30. The van der Waals surface area contributed by atoms with Gasteiger partial charge in [-0.25, -0.2) is 9.78 Å². The van der Waals surface area contributed by atoms with Crippen molar-refractivity contribution in [1.29, 1.82) is 0 Å². The minimum atomic E-state index is -1.30. The Morgan fingerprint density at radius 1 is 1.35 bits per heavy atom. The topological polar surface area (TPSA) is 62.5 Å². The molecule has 0 saturated heterocycles. The zero-order valence-electron chi connectivity index (χ0n) is 8.62. The van der Waals surface area contributed by atoms with Gasteiger partial charge in [-0.05, 0) is 13.0 Å². The molecule has 90 valence electrons. The Bertz CT molecular complexity index is 513. The average Bonchev–Trinajstić information content (AvgIpc) is 2.28. The van der Waals surface area contributed by atoms with E-state index in [1.807, 2.05) is 0 Å². The van der Waals surface area contributed by atoms with Crippen molar-refractivity contribution in [2.24, 2.45) is 4.99 Å². The van der Waals surface area contributed by atoms with Gasteiger partial charge in [0.25, 0.3) is 0 Å². The van der Waals surface area contributed by atoms with E-state index in [1.165, 1.54) is 6.21 Å². The van der Waals surface area contributed by atoms with Crippen molar-refractivity contribution in [2.45, 2.75) is 6.92 Å². The maximum Gasteiger partial charge on any atom is 0.356 e. The highest BCUT2D eigenvalue weighted by molar-refractivity contribution is 6.46. The molecule has 0 aromatic carbocycles. The molecule has 0 unspecified atom stereocenters. The lowest BCUT2D eigenvalue weighted by molar-refractivity contribution is 0.0691. The second kappa shape index (κ2) is 6.00. The highest BCUT2D eigenvalue weighted by Crippen LogP contribution is 2.38. The van der Waals surface area contributed by atoms with Gasteiger partial charge in [0.2, 0.25) is 0 Å². The molecular weight excluding hydrogens is 286 g/mol. The molecule has 1 aromatic heterocycles. The smallest absolute Gasteiger partial charge is 0.356 e. The van der Waals surface area contributed by atoms with E-state index in [-0.39, 0.29) is 26.6 Å². The Hall–Kier alpha value is -1.10. The normalized spacial score (nSPS) is 11.5. The van der Waals surface area contributed by atoms with Crippen LogP contribution < -0.4 is 0 Å². The molecule has 0 radical (unpaired) electrons. The number of aliphatic imine (C=N–C) groups is 1. The number of halogens is 3. The third-order valence-corrected chi connectivity index (χ3v) is 2.79. The second-order valence-corrected chi connectivity index (χ2v) is 3.95. The molecular formula is C10H7Cl3N2O2. The van der Waals surface area contributed by atoms with Gasteiger partial charge in [-0.2, -0.15) is 0 Å². The van der Waals surface area contributed by atoms with Crippen LogP contribution in [0.25, 0.3) is 0 Å². The van der Waals surface area contributed by atoms with E-state index in [0.29, 0.717) is 0 Å². The molecule has 7 heteroatoms. The summed E-state index contributed by atoms with van der Waals surface area (Å²) in [6.07, 6.45) is 4.81. The van der Waals surface area contributed by atoms with Crippen LogP contribution in [-0.2, 0) is 0 Å². The fourth-order valence-corrected chi connectivity index (χ4v) is 1.64. The lowest BCUT2D eigenvalue weighted by Crippen LogP contribution is -2.02. The quantitative estimate of drug-likeness (QED) is 0.676. The Balaban J connectivity index is 3.41. The van der Waals surface area contributed by atoms with E-state index < -0.39 is 5.97 Å². The minimum Gasteiger partial charge on any atom is -0.476 e. The van der Waals surface area contributed by atoms with Crippen LogP contribution in [0.5, 0.6) is 0 Å². The molecule has 0 aliphatic carbocycles. The van der Waals surface area contributed by atoms with Crippen LogP contribution in [0.15, 0.2) is 17.1 Å². The van der Waals surface area contributed by atoms with Crippen molar-refractivity contribution in [3.8, 4) is 0 Å². The molecule has 0 saturated carbocycles. The highest BCUT2D eigenvalue weighted by atomic mass is 35.5. The number of allylic oxidation sites excluding steroid dienone is 2. The predicted octanol–water partition coefficient (Wildman–Crippen LogP) is 4.02. The van der Waals surface area contributed by atoms with Gasteiger partial charge in [0.1, 0.15) is 15.7 Å². The molecule has 1 heterocycles. The van der Waals surface area contributed by atoms with Crippen molar-refractivity contribution < 1.29 is 9.90 Å². The third kappa shape index (κ3) is 3.19. The third-order valence-electron chi connectivity index (χ3n) is 1.70. The van der Waals surface area contributed by atoms with Gasteiger partial charge in [-0.1, -0.05) is 40.9 Å². The summed E-state index contributed by atoms with van der Waals surface area (Å²) in [4.78, 5) is 18.4. The van der Waals surface area contributed by atoms with E-state index in [0.717, 1.165) is 0 Å². The molecule has 0 bridgehead atoms. The molecule has 17 heavy (non-hydrogen) atoms. The van der Waals surface area contributed by atoms with Crippen LogP contribution in [0.4, 0.5) is 5.69 Å². The summed E-state index contributed by atoms with van der Waals surface area (Å²) in [7, 11) is 0. The number of hydrogen-bond acceptors (Lipinski definition) is 3. The average molecular weight is 294 g/mol. The van der Waals surface area contributed by atoms with E-state index >= 15 is 0 Å². The number of aromatic nitrogens is 1. The number of aromatic carboxylic acids is 1. The molecule has 1 N–H and O–H groups in total. The summed E-state index contributed by atoms with van der Waals surface area (Å²) in [5, 5.41) is 8.58. The number of hydrogen-bond donors (Lipinski definition) is 1. The van der Waals surface area contributed by atoms with Gasteiger partial charge >= 0.3 is 5.97 Å². The predicted molar refractivity (Wildman–Crippen MR) is 69.2 cm³/mol. The molecule has 0 atom stereocenters. The first-order chi connectivity index (χ1) is 7.99. The minimum absolute atomic E-state index is 0.0161. The van der Waals surface area contributed by atoms with E-state index in [4.69, 9.17) is 39.9 Å². The zero-order valence-corrected chi connectivity index (χ0v) is 10.9. The largest absolute Gasteiger partial charge is 0.476 e. The summed E-state index contributed by atoms with van der Waals surface area (Å²) in [6.45, 7) is 1.80. The fraction of sp³-hybridized carbons (Fsp3) is 0.100. The van der Waals surface area contributed by atoms with Gasteiger partial charge in [0.15, 0.2) is 10.8 Å². The number of carboxylic acid groups (broad SMARTS) is 1. The van der Waals surface area contributed by atoms with Crippen molar-refractivity contribution >= 4 is 52.7 Å². The van der Waals surface area contributed by atoms with Crippen molar-refractivity contribution in [3.05, 3.63) is 33.0 Å². The molecule has 0 amide bonds. The van der Waals surface area contributed by atoms with Gasteiger partial charge in [-0.15, -0.1) is 0 Å². The first-order valence-corrected chi connectivity index (χ1v) is 5.55. The Morgan fingerprint density at radius 3 is 2.53 bits per heavy atom. The van der Waals surface area contributed by atoms with Crippen molar-refractivity contribution in [3.63, 3.8) is 0 Å². The number of carboxylic acids is 1. The Labute approximate surface area is 113 Å². The molecule has 1 aromatic rings. The second-order valence-electron chi connectivity index (χ2n) is 2.84. The summed E-state index contributed by atoms with van der Waals surface area (Å²) >= 11 is 17.4. The maximum atomic E-state index is 10.9. The lowest BCUT2D eigenvalue weighted by atomic mass is 10.3. The van der Waals surface area contributed by atoms with Crippen LogP contribution in [0.1, 0.15) is 17.4 Å². The van der Waals surface area contributed by atoms with Gasteiger partial charge in [0.05, 0.1) is 0 Å². The van der Waals surface area contributed by atoms with Crippen LogP contribution in [-0.4, -0.2) is 22.3 Å². The van der Waals surface area contributed by atoms with Crippen LogP contribution >= 0.6 is 34.8 Å². The Morgan fingerprint density at radius 2 is 2.00 bits per heavy atom. The molecule has 0 aliphatic heterocycles. The van der Waals surface area contributed by atoms with Crippen molar-refractivity contribution in [2.75, 3.05) is 0 Å². The molecule has 0 spiro atoms. The van der Waals surface area contributed by atoms with E-state index in [1.54, 1.807) is 19.1 Å². The molecule has 0 aliphatic rings. The number of pyridine rings is 1. The monoisotopic (exact) mass is 292 g/mol. The van der Waals surface area contributed by atoms with Crippen molar-refractivity contribution in [1.82, 2.24) is 4.98 Å². The molecule has 4 nitrogen and oxygen atoms in total. The fourth-order valence-electron chi connectivity index (χ4n) is 0.961.